The van der Waals surface area contributed by atoms with E-state index in [2.05, 4.69) is 5.32 Å². The number of hydrogen-bond donors (Lipinski definition) is 1. The third kappa shape index (κ3) is 1.28. The topological polar surface area (TPSA) is 38.3 Å². The first kappa shape index (κ1) is 6.85. The van der Waals surface area contributed by atoms with Gasteiger partial charge in [0.2, 0.25) is 0 Å². The van der Waals surface area contributed by atoms with Crippen molar-refractivity contribution in [3.63, 3.8) is 0 Å². The highest BCUT2D eigenvalue weighted by Gasteiger charge is 2.21. The Hall–Kier alpha value is -0.830. The molecule has 0 aliphatic carbocycles. The van der Waals surface area contributed by atoms with Crippen molar-refractivity contribution in [2.45, 2.75) is 12.8 Å². The molecule has 0 aromatic carbocycles. The maximum atomic E-state index is 10.9. The van der Waals surface area contributed by atoms with E-state index < -0.39 is 0 Å². The second kappa shape index (κ2) is 2.66. The molecule has 0 fully saturated rings. The van der Waals surface area contributed by atoms with Gasteiger partial charge in [-0.25, -0.2) is 0 Å². The third-order valence-electron chi connectivity index (χ3n) is 2.08. The summed E-state index contributed by atoms with van der Waals surface area (Å²) in [5.74, 6) is 1.26. The van der Waals surface area contributed by atoms with E-state index in [0.29, 0.717) is 13.0 Å². The summed E-state index contributed by atoms with van der Waals surface area (Å²) in [5.41, 5.74) is 1.16. The molecule has 0 spiro atoms. The molecule has 0 aromatic heterocycles. The standard InChI is InChI=1S/C8H11NO2/c10-7-3-6-4-9-2-1-8(6)11-5-7/h9H,1-5H2. The Morgan fingerprint density at radius 1 is 1.45 bits per heavy atom. The van der Waals surface area contributed by atoms with Crippen LogP contribution in [0.25, 0.3) is 0 Å². The van der Waals surface area contributed by atoms with Gasteiger partial charge < -0.3 is 10.1 Å². The molecule has 2 aliphatic rings. The van der Waals surface area contributed by atoms with E-state index in [0.717, 1.165) is 30.8 Å². The molecule has 0 unspecified atom stereocenters. The second-order valence-electron chi connectivity index (χ2n) is 2.96. The Morgan fingerprint density at radius 2 is 2.36 bits per heavy atom. The van der Waals surface area contributed by atoms with Crippen LogP contribution in [0.5, 0.6) is 0 Å². The second-order valence-corrected chi connectivity index (χ2v) is 2.96. The van der Waals surface area contributed by atoms with Crippen LogP contribution >= 0.6 is 0 Å². The molecule has 1 N–H and O–H groups in total. The van der Waals surface area contributed by atoms with Gasteiger partial charge in [0.05, 0.1) is 5.76 Å². The zero-order chi connectivity index (χ0) is 7.68. The summed E-state index contributed by atoms with van der Waals surface area (Å²) in [6.45, 7) is 2.10. The molecule has 0 saturated carbocycles. The Bertz CT molecular complexity index is 220. The monoisotopic (exact) mass is 153 g/mol. The SMILES string of the molecule is O=C1COC2=C(CNCC2)C1. The van der Waals surface area contributed by atoms with Gasteiger partial charge in [0.1, 0.15) is 6.61 Å². The molecule has 3 heteroatoms. The average molecular weight is 153 g/mol. The number of rotatable bonds is 0. The van der Waals surface area contributed by atoms with Gasteiger partial charge in [-0.2, -0.15) is 0 Å². The van der Waals surface area contributed by atoms with E-state index in [1.807, 2.05) is 0 Å². The van der Waals surface area contributed by atoms with Crippen molar-refractivity contribution in [2.75, 3.05) is 19.7 Å². The normalized spacial score (nSPS) is 24.5. The lowest BCUT2D eigenvalue weighted by Gasteiger charge is -2.24. The van der Waals surface area contributed by atoms with E-state index in [1.54, 1.807) is 0 Å². The molecule has 2 heterocycles. The first-order chi connectivity index (χ1) is 5.36. The van der Waals surface area contributed by atoms with Crippen LogP contribution in [0, 0.1) is 0 Å². The predicted molar refractivity (Wildman–Crippen MR) is 40.1 cm³/mol. The van der Waals surface area contributed by atoms with Crippen LogP contribution in [0.3, 0.4) is 0 Å². The lowest BCUT2D eigenvalue weighted by molar-refractivity contribution is -0.123. The summed E-state index contributed by atoms with van der Waals surface area (Å²) in [6, 6.07) is 0. The van der Waals surface area contributed by atoms with Crippen LogP contribution < -0.4 is 5.32 Å². The van der Waals surface area contributed by atoms with E-state index in [9.17, 15) is 4.79 Å². The van der Waals surface area contributed by atoms with Gasteiger partial charge in [-0.15, -0.1) is 0 Å². The molecule has 2 aliphatic heterocycles. The van der Waals surface area contributed by atoms with Gasteiger partial charge in [-0.05, 0) is 5.57 Å². The largest absolute Gasteiger partial charge is 0.490 e. The van der Waals surface area contributed by atoms with Gasteiger partial charge in [0.15, 0.2) is 5.78 Å². The Labute approximate surface area is 65.4 Å². The van der Waals surface area contributed by atoms with Gasteiger partial charge in [0.25, 0.3) is 0 Å². The number of Topliss-reactive ketones (excluding diaryl/α,β-unsaturated/α-hetero) is 1. The Morgan fingerprint density at radius 3 is 3.27 bits per heavy atom. The van der Waals surface area contributed by atoms with E-state index in [4.69, 9.17) is 4.74 Å². The average Bonchev–Trinajstić information content (AvgIpc) is 2.04. The molecule has 0 radical (unpaired) electrons. The van der Waals surface area contributed by atoms with E-state index in [-0.39, 0.29) is 5.78 Å². The zero-order valence-electron chi connectivity index (χ0n) is 6.35. The Kier molecular flexibility index (Phi) is 1.66. The van der Waals surface area contributed by atoms with Crippen molar-refractivity contribution in [2.24, 2.45) is 0 Å². The zero-order valence-corrected chi connectivity index (χ0v) is 6.35. The number of carbonyl (C=O) groups is 1. The fourth-order valence-electron chi connectivity index (χ4n) is 1.51. The van der Waals surface area contributed by atoms with Gasteiger partial charge in [0, 0.05) is 25.9 Å². The third-order valence-corrected chi connectivity index (χ3v) is 2.08. The quantitative estimate of drug-likeness (QED) is 0.541. The minimum Gasteiger partial charge on any atom is -0.490 e. The highest BCUT2D eigenvalue weighted by molar-refractivity contribution is 5.83. The number of nitrogens with one attached hydrogen (secondary N) is 1. The number of ketones is 1. The van der Waals surface area contributed by atoms with Crippen molar-refractivity contribution in [3.8, 4) is 0 Å². The first-order valence-corrected chi connectivity index (χ1v) is 3.92. The van der Waals surface area contributed by atoms with Crippen molar-refractivity contribution in [1.82, 2.24) is 5.32 Å². The predicted octanol–water partition coefficient (Wildman–Crippen LogP) is 0.223. The smallest absolute Gasteiger partial charge is 0.174 e. The fraction of sp³-hybridized carbons (Fsp3) is 0.625. The van der Waals surface area contributed by atoms with Gasteiger partial charge in [-0.1, -0.05) is 0 Å². The lowest BCUT2D eigenvalue weighted by atomic mass is 10.0. The molecule has 0 atom stereocenters. The summed E-state index contributed by atoms with van der Waals surface area (Å²) in [4.78, 5) is 10.9. The molecule has 60 valence electrons. The molecule has 0 bridgehead atoms. The molecule has 0 saturated heterocycles. The van der Waals surface area contributed by atoms with Gasteiger partial charge >= 0.3 is 0 Å². The van der Waals surface area contributed by atoms with Crippen molar-refractivity contribution >= 4 is 5.78 Å². The fourth-order valence-corrected chi connectivity index (χ4v) is 1.51. The van der Waals surface area contributed by atoms with Crippen molar-refractivity contribution in [1.29, 1.82) is 0 Å². The maximum absolute atomic E-state index is 10.9. The van der Waals surface area contributed by atoms with Crippen molar-refractivity contribution in [3.05, 3.63) is 11.3 Å². The lowest BCUT2D eigenvalue weighted by Crippen LogP contribution is -2.31. The van der Waals surface area contributed by atoms with Crippen LogP contribution in [0.1, 0.15) is 12.8 Å². The summed E-state index contributed by atoms with van der Waals surface area (Å²) >= 11 is 0. The number of hydrogen-bond acceptors (Lipinski definition) is 3. The first-order valence-electron chi connectivity index (χ1n) is 3.92. The highest BCUT2D eigenvalue weighted by atomic mass is 16.5. The summed E-state index contributed by atoms with van der Waals surface area (Å²) in [7, 11) is 0. The van der Waals surface area contributed by atoms with Crippen LogP contribution in [-0.2, 0) is 9.53 Å². The number of ether oxygens (including phenoxy) is 1. The van der Waals surface area contributed by atoms with E-state index >= 15 is 0 Å². The molecule has 11 heavy (non-hydrogen) atoms. The van der Waals surface area contributed by atoms with Crippen LogP contribution in [0.4, 0.5) is 0 Å². The molecular formula is C8H11NO2. The minimum absolute atomic E-state index is 0.201. The maximum Gasteiger partial charge on any atom is 0.174 e. The highest BCUT2D eigenvalue weighted by Crippen LogP contribution is 2.21. The molecular weight excluding hydrogens is 142 g/mol. The number of carbonyl (C=O) groups excluding carboxylic acids is 1. The van der Waals surface area contributed by atoms with E-state index in [1.165, 1.54) is 0 Å². The van der Waals surface area contributed by atoms with Gasteiger partial charge in [-0.3, -0.25) is 4.79 Å². The van der Waals surface area contributed by atoms with Crippen LogP contribution in [0.15, 0.2) is 11.3 Å². The summed E-state index contributed by atoms with van der Waals surface area (Å²) in [5, 5.41) is 3.21. The minimum atomic E-state index is 0.201. The molecule has 2 rings (SSSR count). The molecule has 0 aromatic rings. The Balaban J connectivity index is 2.18. The summed E-state index contributed by atoms with van der Waals surface area (Å²) in [6.07, 6.45) is 1.55. The van der Waals surface area contributed by atoms with Crippen LogP contribution in [-0.4, -0.2) is 25.5 Å². The summed E-state index contributed by atoms with van der Waals surface area (Å²) < 4.78 is 5.28. The molecule has 0 amide bonds. The van der Waals surface area contributed by atoms with Crippen molar-refractivity contribution < 1.29 is 9.53 Å². The van der Waals surface area contributed by atoms with Crippen LogP contribution in [0.2, 0.25) is 0 Å². The molecule has 3 nitrogen and oxygen atoms in total.